The fourth-order valence-corrected chi connectivity index (χ4v) is 1.63. The molecule has 5 nitrogen and oxygen atoms in total. The predicted molar refractivity (Wildman–Crippen MR) is 70.6 cm³/mol. The summed E-state index contributed by atoms with van der Waals surface area (Å²) in [5.41, 5.74) is 7.42. The Balaban J connectivity index is 1.90. The van der Waals surface area contributed by atoms with Gasteiger partial charge in [0.15, 0.2) is 11.5 Å². The Morgan fingerprint density at radius 1 is 1.11 bits per heavy atom. The van der Waals surface area contributed by atoms with Gasteiger partial charge >= 0.3 is 0 Å². The lowest BCUT2D eigenvalue weighted by Gasteiger charge is -2.07. The molecule has 0 atom stereocenters. The average molecular weight is 245 g/mol. The van der Waals surface area contributed by atoms with Gasteiger partial charge in [-0.25, -0.2) is 4.98 Å². The summed E-state index contributed by atoms with van der Waals surface area (Å²) in [5, 5.41) is 21.8. The summed E-state index contributed by atoms with van der Waals surface area (Å²) < 4.78 is 0. The van der Waals surface area contributed by atoms with Gasteiger partial charge in [-0.05, 0) is 30.2 Å². The van der Waals surface area contributed by atoms with E-state index >= 15 is 0 Å². The van der Waals surface area contributed by atoms with E-state index in [0.29, 0.717) is 12.4 Å². The van der Waals surface area contributed by atoms with Crippen molar-refractivity contribution >= 4 is 11.5 Å². The maximum absolute atomic E-state index is 9.36. The van der Waals surface area contributed by atoms with E-state index in [1.165, 1.54) is 6.07 Å². The molecule has 0 unspecified atom stereocenters. The van der Waals surface area contributed by atoms with Crippen molar-refractivity contribution in [1.29, 1.82) is 0 Å². The van der Waals surface area contributed by atoms with E-state index in [2.05, 4.69) is 10.3 Å². The smallest absolute Gasteiger partial charge is 0.157 e. The average Bonchev–Trinajstić information content (AvgIpc) is 2.34. The van der Waals surface area contributed by atoms with Gasteiger partial charge in [0.1, 0.15) is 5.82 Å². The number of hydrogen-bond acceptors (Lipinski definition) is 5. The molecule has 18 heavy (non-hydrogen) atoms. The molecule has 0 aliphatic rings. The fraction of sp³-hybridized carbons (Fsp3) is 0.154. The van der Waals surface area contributed by atoms with Gasteiger partial charge < -0.3 is 21.3 Å². The number of aromatic nitrogens is 1. The van der Waals surface area contributed by atoms with Crippen LogP contribution in [0.2, 0.25) is 0 Å². The van der Waals surface area contributed by atoms with Gasteiger partial charge in [-0.15, -0.1) is 0 Å². The first kappa shape index (κ1) is 12.0. The van der Waals surface area contributed by atoms with Crippen LogP contribution in [-0.4, -0.2) is 21.7 Å². The van der Waals surface area contributed by atoms with Crippen LogP contribution in [0, 0.1) is 0 Å². The Labute approximate surface area is 105 Å². The van der Waals surface area contributed by atoms with E-state index in [1.807, 2.05) is 6.07 Å². The van der Waals surface area contributed by atoms with E-state index in [1.54, 1.807) is 24.4 Å². The van der Waals surface area contributed by atoms with E-state index in [-0.39, 0.29) is 11.5 Å². The Morgan fingerprint density at radius 3 is 2.67 bits per heavy atom. The molecule has 1 heterocycles. The molecule has 0 aliphatic heterocycles. The van der Waals surface area contributed by atoms with Crippen LogP contribution in [0.4, 0.5) is 11.5 Å². The number of anilines is 2. The van der Waals surface area contributed by atoms with Crippen molar-refractivity contribution in [3.8, 4) is 11.5 Å². The van der Waals surface area contributed by atoms with Crippen molar-refractivity contribution in [3.63, 3.8) is 0 Å². The van der Waals surface area contributed by atoms with Crippen LogP contribution < -0.4 is 11.1 Å². The molecule has 0 radical (unpaired) electrons. The van der Waals surface area contributed by atoms with Crippen LogP contribution in [-0.2, 0) is 6.42 Å². The Hall–Kier alpha value is -2.43. The molecule has 5 N–H and O–H groups in total. The first-order valence-corrected chi connectivity index (χ1v) is 5.61. The summed E-state index contributed by atoms with van der Waals surface area (Å²) in [6, 6.07) is 8.41. The molecule has 0 saturated carbocycles. The number of phenols is 2. The molecule has 0 aliphatic carbocycles. The Bertz CT molecular complexity index is 544. The van der Waals surface area contributed by atoms with Gasteiger partial charge in [-0.3, -0.25) is 0 Å². The molecule has 2 aromatic rings. The van der Waals surface area contributed by atoms with E-state index in [9.17, 15) is 10.2 Å². The highest BCUT2D eigenvalue weighted by Gasteiger charge is 2.00. The summed E-state index contributed by atoms with van der Waals surface area (Å²) in [7, 11) is 0. The first-order valence-electron chi connectivity index (χ1n) is 5.61. The van der Waals surface area contributed by atoms with E-state index in [4.69, 9.17) is 5.73 Å². The summed E-state index contributed by atoms with van der Waals surface area (Å²) >= 11 is 0. The van der Waals surface area contributed by atoms with Crippen LogP contribution in [0.3, 0.4) is 0 Å². The molecule has 0 saturated heterocycles. The third-order valence-electron chi connectivity index (χ3n) is 2.56. The van der Waals surface area contributed by atoms with Crippen LogP contribution in [0.5, 0.6) is 11.5 Å². The SMILES string of the molecule is Nc1cc(NCCc2ccc(O)c(O)c2)ccn1. The maximum atomic E-state index is 9.36. The normalized spacial score (nSPS) is 10.2. The van der Waals surface area contributed by atoms with Crippen LogP contribution >= 0.6 is 0 Å². The minimum Gasteiger partial charge on any atom is -0.504 e. The number of nitrogens with zero attached hydrogens (tertiary/aromatic N) is 1. The highest BCUT2D eigenvalue weighted by atomic mass is 16.3. The molecule has 94 valence electrons. The topological polar surface area (TPSA) is 91.4 Å². The number of benzene rings is 1. The zero-order valence-corrected chi connectivity index (χ0v) is 9.80. The second-order valence-corrected chi connectivity index (χ2v) is 3.97. The number of nitrogens with two attached hydrogens (primary N) is 1. The monoisotopic (exact) mass is 245 g/mol. The first-order chi connectivity index (χ1) is 8.65. The second-order valence-electron chi connectivity index (χ2n) is 3.97. The highest BCUT2D eigenvalue weighted by molar-refractivity contribution is 5.49. The van der Waals surface area contributed by atoms with Gasteiger partial charge in [-0.2, -0.15) is 0 Å². The number of phenolic OH excluding ortho intramolecular Hbond substituents is 2. The molecule has 2 rings (SSSR count). The number of aromatic hydroxyl groups is 2. The lowest BCUT2D eigenvalue weighted by molar-refractivity contribution is 0.403. The Kier molecular flexibility index (Phi) is 3.52. The zero-order valence-electron chi connectivity index (χ0n) is 9.80. The maximum Gasteiger partial charge on any atom is 0.157 e. The number of nitrogens with one attached hydrogen (secondary N) is 1. The van der Waals surface area contributed by atoms with Gasteiger partial charge in [0.25, 0.3) is 0 Å². The summed E-state index contributed by atoms with van der Waals surface area (Å²) in [4.78, 5) is 3.90. The second kappa shape index (κ2) is 5.27. The summed E-state index contributed by atoms with van der Waals surface area (Å²) in [5.74, 6) is 0.275. The highest BCUT2D eigenvalue weighted by Crippen LogP contribution is 2.25. The van der Waals surface area contributed by atoms with Gasteiger partial charge in [0.2, 0.25) is 0 Å². The molecule has 1 aromatic carbocycles. The minimum absolute atomic E-state index is 0.0966. The van der Waals surface area contributed by atoms with Crippen LogP contribution in [0.1, 0.15) is 5.56 Å². The Morgan fingerprint density at radius 2 is 1.94 bits per heavy atom. The third-order valence-corrected chi connectivity index (χ3v) is 2.56. The van der Waals surface area contributed by atoms with Gasteiger partial charge in [-0.1, -0.05) is 6.07 Å². The molecule has 1 aromatic heterocycles. The van der Waals surface area contributed by atoms with E-state index < -0.39 is 0 Å². The van der Waals surface area contributed by atoms with Crippen molar-refractivity contribution in [3.05, 3.63) is 42.1 Å². The van der Waals surface area contributed by atoms with Crippen molar-refractivity contribution in [1.82, 2.24) is 4.98 Å². The predicted octanol–water partition coefficient (Wildman–Crippen LogP) is 1.73. The molecule has 0 amide bonds. The van der Waals surface area contributed by atoms with Crippen molar-refractivity contribution < 1.29 is 10.2 Å². The molecule has 5 heteroatoms. The molecule has 0 bridgehead atoms. The fourth-order valence-electron chi connectivity index (χ4n) is 1.63. The van der Waals surface area contributed by atoms with Crippen molar-refractivity contribution in [2.24, 2.45) is 0 Å². The lowest BCUT2D eigenvalue weighted by Crippen LogP contribution is -2.05. The number of nitrogen functional groups attached to an aromatic ring is 1. The van der Waals surface area contributed by atoms with Gasteiger partial charge in [0, 0.05) is 24.5 Å². The number of hydrogen-bond donors (Lipinski definition) is 4. The number of rotatable bonds is 4. The minimum atomic E-state index is -0.103. The van der Waals surface area contributed by atoms with E-state index in [0.717, 1.165) is 17.7 Å². The number of pyridine rings is 1. The van der Waals surface area contributed by atoms with Crippen molar-refractivity contribution in [2.75, 3.05) is 17.6 Å². The molecular weight excluding hydrogens is 230 g/mol. The molecule has 0 spiro atoms. The third kappa shape index (κ3) is 3.04. The summed E-state index contributed by atoms with van der Waals surface area (Å²) in [6.45, 7) is 0.702. The lowest BCUT2D eigenvalue weighted by atomic mass is 10.1. The van der Waals surface area contributed by atoms with Crippen molar-refractivity contribution in [2.45, 2.75) is 6.42 Å². The van der Waals surface area contributed by atoms with Gasteiger partial charge in [0.05, 0.1) is 0 Å². The largest absolute Gasteiger partial charge is 0.504 e. The standard InChI is InChI=1S/C13H15N3O2/c14-13-8-10(4-6-16-13)15-5-3-9-1-2-11(17)12(18)7-9/h1-2,4,6-8,17-18H,3,5H2,(H3,14,15,16). The van der Waals surface area contributed by atoms with Crippen LogP contribution in [0.15, 0.2) is 36.5 Å². The van der Waals surface area contributed by atoms with Crippen LogP contribution in [0.25, 0.3) is 0 Å². The molecule has 0 fully saturated rings. The summed E-state index contributed by atoms with van der Waals surface area (Å²) in [6.07, 6.45) is 2.38. The zero-order chi connectivity index (χ0) is 13.0. The quantitative estimate of drug-likeness (QED) is 0.616. The molecular formula is C13H15N3O2.